The van der Waals surface area contributed by atoms with Gasteiger partial charge in [-0.15, -0.1) is 0 Å². The van der Waals surface area contributed by atoms with Crippen LogP contribution in [0.2, 0.25) is 5.02 Å². The molecule has 216 valence electrons. The molecule has 8 nitrogen and oxygen atoms in total. The Morgan fingerprint density at radius 1 is 0.951 bits per heavy atom. The van der Waals surface area contributed by atoms with Crippen molar-refractivity contribution in [3.05, 3.63) is 64.2 Å². The highest BCUT2D eigenvalue weighted by atomic mass is 35.5. The van der Waals surface area contributed by atoms with Crippen LogP contribution in [-0.4, -0.2) is 86.3 Å². The van der Waals surface area contributed by atoms with E-state index in [9.17, 15) is 4.39 Å². The number of hydrogen-bond donors (Lipinski definition) is 1. The lowest BCUT2D eigenvalue weighted by molar-refractivity contribution is 0.0981. The van der Waals surface area contributed by atoms with Crippen molar-refractivity contribution < 1.29 is 13.9 Å². The molecule has 3 aromatic rings. The third-order valence-corrected chi connectivity index (χ3v) is 8.34. The molecule has 1 N–H and O–H groups in total. The van der Waals surface area contributed by atoms with E-state index in [2.05, 4.69) is 54.9 Å². The number of nitrogens with one attached hydrogen (secondary N) is 1. The summed E-state index contributed by atoms with van der Waals surface area (Å²) >= 11 is 6.28. The fraction of sp³-hybridized carbons (Fsp3) is 0.419. The zero-order valence-electron chi connectivity index (χ0n) is 24.0. The first-order chi connectivity index (χ1) is 19.9. The molecule has 2 saturated heterocycles. The number of piperidine rings is 1. The van der Waals surface area contributed by atoms with Crippen LogP contribution in [0.1, 0.15) is 29.5 Å². The Morgan fingerprint density at radius 2 is 1.63 bits per heavy atom. The number of halogens is 2. The minimum absolute atomic E-state index is 0.0847. The summed E-state index contributed by atoms with van der Waals surface area (Å²) in [5.41, 5.74) is 3.21. The summed E-state index contributed by atoms with van der Waals surface area (Å²) in [5, 5.41) is 3.48. The molecule has 2 fully saturated rings. The Hall–Kier alpha value is -3.58. The predicted molar refractivity (Wildman–Crippen MR) is 161 cm³/mol. The highest BCUT2D eigenvalue weighted by Gasteiger charge is 2.27. The minimum Gasteiger partial charge on any atom is -0.495 e. The molecule has 2 aromatic carbocycles. The maximum Gasteiger partial charge on any atom is 0.227 e. The molecule has 2 aliphatic heterocycles. The van der Waals surface area contributed by atoms with Gasteiger partial charge in [-0.3, -0.25) is 4.90 Å². The predicted octanol–water partition coefficient (Wildman–Crippen LogP) is 4.95. The van der Waals surface area contributed by atoms with Gasteiger partial charge in [0, 0.05) is 69.5 Å². The van der Waals surface area contributed by atoms with E-state index in [-0.39, 0.29) is 16.3 Å². The summed E-state index contributed by atoms with van der Waals surface area (Å²) in [6, 6.07) is 8.27. The highest BCUT2D eigenvalue weighted by molar-refractivity contribution is 6.32. The van der Waals surface area contributed by atoms with E-state index in [1.54, 1.807) is 32.5 Å². The third kappa shape index (κ3) is 6.67. The number of anilines is 3. The van der Waals surface area contributed by atoms with E-state index in [1.807, 2.05) is 12.1 Å². The number of likely N-dealkylation sites (N-methyl/N-ethyl adjacent to an activating group) is 1. The lowest BCUT2D eigenvalue weighted by Gasteiger charge is -2.42. The SMILES string of the molecule is COc1cc(Nc2ncc(C#Cc3c(F)c(OC)cc(C)c3Cl)cn2)ccc1N1CCC(N2CCN(C)CC2)CC1. The number of rotatable bonds is 6. The maximum atomic E-state index is 14.7. The van der Waals surface area contributed by atoms with Gasteiger partial charge in [0.15, 0.2) is 11.6 Å². The molecule has 3 heterocycles. The van der Waals surface area contributed by atoms with E-state index in [0.717, 1.165) is 69.2 Å². The molecule has 0 spiro atoms. The van der Waals surface area contributed by atoms with Crippen LogP contribution in [-0.2, 0) is 0 Å². The minimum atomic E-state index is -0.591. The zero-order chi connectivity index (χ0) is 28.9. The van der Waals surface area contributed by atoms with Gasteiger partial charge in [0.25, 0.3) is 0 Å². The monoisotopic (exact) mass is 578 g/mol. The number of ether oxygens (including phenoxy) is 2. The van der Waals surface area contributed by atoms with Gasteiger partial charge in [-0.1, -0.05) is 23.4 Å². The smallest absolute Gasteiger partial charge is 0.227 e. The molecular formula is C31H36ClFN6O2. The van der Waals surface area contributed by atoms with Crippen molar-refractivity contribution in [3.8, 4) is 23.3 Å². The average molecular weight is 579 g/mol. The molecule has 10 heteroatoms. The van der Waals surface area contributed by atoms with E-state index in [4.69, 9.17) is 21.1 Å². The van der Waals surface area contributed by atoms with Gasteiger partial charge < -0.3 is 24.6 Å². The molecule has 0 unspecified atom stereocenters. The van der Waals surface area contributed by atoms with Crippen LogP contribution in [0.15, 0.2) is 36.7 Å². The van der Waals surface area contributed by atoms with Crippen molar-refractivity contribution in [3.63, 3.8) is 0 Å². The second-order valence-electron chi connectivity index (χ2n) is 10.5. The van der Waals surface area contributed by atoms with Gasteiger partial charge in [-0.2, -0.15) is 0 Å². The number of hydrogen-bond acceptors (Lipinski definition) is 8. The largest absolute Gasteiger partial charge is 0.495 e. The molecule has 0 radical (unpaired) electrons. The molecule has 2 aliphatic rings. The van der Waals surface area contributed by atoms with Crippen molar-refractivity contribution in [2.75, 3.05) is 70.8 Å². The maximum absolute atomic E-state index is 14.7. The fourth-order valence-electron chi connectivity index (χ4n) is 5.39. The second kappa shape index (κ2) is 12.9. The van der Waals surface area contributed by atoms with Gasteiger partial charge in [0.2, 0.25) is 5.95 Å². The van der Waals surface area contributed by atoms with Crippen LogP contribution in [0.4, 0.5) is 21.7 Å². The van der Waals surface area contributed by atoms with Crippen molar-refractivity contribution in [2.24, 2.45) is 0 Å². The number of benzene rings is 2. The van der Waals surface area contributed by atoms with Gasteiger partial charge in [-0.05, 0) is 50.6 Å². The van der Waals surface area contributed by atoms with Crippen LogP contribution < -0.4 is 19.7 Å². The Labute approximate surface area is 246 Å². The number of aryl methyl sites for hydroxylation is 1. The summed E-state index contributed by atoms with van der Waals surface area (Å²) in [4.78, 5) is 16.2. The second-order valence-corrected chi connectivity index (χ2v) is 10.9. The van der Waals surface area contributed by atoms with Crippen LogP contribution >= 0.6 is 11.6 Å². The number of aromatic nitrogens is 2. The summed E-state index contributed by atoms with van der Waals surface area (Å²) in [5.74, 6) is 6.42. The summed E-state index contributed by atoms with van der Waals surface area (Å²) in [7, 11) is 5.30. The topological polar surface area (TPSA) is 66.0 Å². The van der Waals surface area contributed by atoms with Crippen molar-refractivity contribution in [1.82, 2.24) is 19.8 Å². The average Bonchev–Trinajstić information content (AvgIpc) is 3.00. The first kappa shape index (κ1) is 28.9. The number of methoxy groups -OCH3 is 2. The van der Waals surface area contributed by atoms with E-state index in [1.165, 1.54) is 7.11 Å². The molecule has 0 saturated carbocycles. The van der Waals surface area contributed by atoms with Crippen LogP contribution in [0, 0.1) is 24.6 Å². The van der Waals surface area contributed by atoms with Crippen molar-refractivity contribution >= 4 is 28.9 Å². The molecule has 0 aliphatic carbocycles. The lowest BCUT2D eigenvalue weighted by Crippen LogP contribution is -2.52. The summed E-state index contributed by atoms with van der Waals surface area (Å²) < 4.78 is 25.5. The molecule has 5 rings (SSSR count). The Balaban J connectivity index is 1.22. The quantitative estimate of drug-likeness (QED) is 0.412. The Kier molecular flexibility index (Phi) is 9.13. The Bertz CT molecular complexity index is 1430. The molecule has 1 aromatic heterocycles. The highest BCUT2D eigenvalue weighted by Crippen LogP contribution is 2.34. The number of piperazine rings is 1. The van der Waals surface area contributed by atoms with Gasteiger partial charge in [0.1, 0.15) is 5.75 Å². The third-order valence-electron chi connectivity index (χ3n) is 7.85. The van der Waals surface area contributed by atoms with E-state index in [0.29, 0.717) is 23.1 Å². The summed E-state index contributed by atoms with van der Waals surface area (Å²) in [6.07, 6.45) is 5.48. The van der Waals surface area contributed by atoms with E-state index < -0.39 is 5.82 Å². The van der Waals surface area contributed by atoms with Crippen molar-refractivity contribution in [1.29, 1.82) is 0 Å². The number of nitrogens with zero attached hydrogens (tertiary/aromatic N) is 5. The van der Waals surface area contributed by atoms with Gasteiger partial charge >= 0.3 is 0 Å². The zero-order valence-corrected chi connectivity index (χ0v) is 24.8. The van der Waals surface area contributed by atoms with Gasteiger partial charge in [-0.25, -0.2) is 14.4 Å². The normalized spacial score (nSPS) is 16.7. The van der Waals surface area contributed by atoms with E-state index >= 15 is 0 Å². The van der Waals surface area contributed by atoms with Gasteiger partial charge in [0.05, 0.1) is 36.1 Å². The van der Waals surface area contributed by atoms with Crippen LogP contribution in [0.25, 0.3) is 0 Å². The van der Waals surface area contributed by atoms with Crippen LogP contribution in [0.5, 0.6) is 11.5 Å². The molecule has 41 heavy (non-hydrogen) atoms. The first-order valence-electron chi connectivity index (χ1n) is 13.9. The van der Waals surface area contributed by atoms with Crippen molar-refractivity contribution in [2.45, 2.75) is 25.8 Å². The molecule has 0 atom stereocenters. The molecule has 0 bridgehead atoms. The Morgan fingerprint density at radius 3 is 2.29 bits per heavy atom. The molecular weight excluding hydrogens is 543 g/mol. The fourth-order valence-corrected chi connectivity index (χ4v) is 5.58. The molecule has 0 amide bonds. The first-order valence-corrected chi connectivity index (χ1v) is 14.2. The standard InChI is InChI=1S/C31H36ClFN6O2/c1-21-17-28(41-4)30(33)25(29(21)32)7-5-22-19-34-31(35-20-22)36-23-6-8-26(27(18-23)40-3)39-11-9-24(10-12-39)38-15-13-37(2)14-16-38/h6,8,17-20,24H,9-16H2,1-4H3,(H,34,35,36). The summed E-state index contributed by atoms with van der Waals surface area (Å²) in [6.45, 7) is 8.43. The lowest BCUT2D eigenvalue weighted by atomic mass is 10.0. The van der Waals surface area contributed by atoms with Crippen LogP contribution in [0.3, 0.4) is 0 Å².